The minimum atomic E-state index is -0.927. The minimum Gasteiger partial charge on any atom is -0.481 e. The lowest BCUT2D eigenvalue weighted by atomic mass is 9.49. The summed E-state index contributed by atoms with van der Waals surface area (Å²) in [6.45, 7) is 0.169. The van der Waals surface area contributed by atoms with Crippen LogP contribution < -0.4 is 14.8 Å². The van der Waals surface area contributed by atoms with Gasteiger partial charge >= 0.3 is 5.97 Å². The molecule has 0 unspecified atom stereocenters. The molecule has 1 heterocycles. The van der Waals surface area contributed by atoms with E-state index in [1.807, 2.05) is 6.07 Å². The van der Waals surface area contributed by atoms with E-state index in [9.17, 15) is 14.7 Å². The monoisotopic (exact) mass is 371 g/mol. The van der Waals surface area contributed by atoms with Crippen molar-refractivity contribution in [3.8, 4) is 11.5 Å². The summed E-state index contributed by atoms with van der Waals surface area (Å²) >= 11 is 0. The quantitative estimate of drug-likeness (QED) is 0.830. The van der Waals surface area contributed by atoms with Crippen molar-refractivity contribution < 1.29 is 24.2 Å². The zero-order valence-corrected chi connectivity index (χ0v) is 15.3. The van der Waals surface area contributed by atoms with Gasteiger partial charge in [-0.2, -0.15) is 0 Å². The summed E-state index contributed by atoms with van der Waals surface area (Å²) in [5, 5.41) is 12.5. The maximum Gasteiger partial charge on any atom is 0.305 e. The number of hydrogen-bond donors (Lipinski definition) is 2. The van der Waals surface area contributed by atoms with Crippen molar-refractivity contribution in [2.75, 3.05) is 6.79 Å². The van der Waals surface area contributed by atoms with E-state index >= 15 is 0 Å². The van der Waals surface area contributed by atoms with Crippen molar-refractivity contribution >= 4 is 11.9 Å². The highest BCUT2D eigenvalue weighted by atomic mass is 16.7. The molecular weight excluding hydrogens is 346 g/mol. The van der Waals surface area contributed by atoms with Crippen LogP contribution in [0, 0.1) is 23.2 Å². The first-order valence-electron chi connectivity index (χ1n) is 9.93. The number of hydrogen-bond acceptors (Lipinski definition) is 4. The molecule has 2 N–H and O–H groups in total. The lowest BCUT2D eigenvalue weighted by Crippen LogP contribution is -2.54. The first-order valence-corrected chi connectivity index (χ1v) is 9.93. The van der Waals surface area contributed by atoms with Crippen LogP contribution in [0.3, 0.4) is 0 Å². The zero-order chi connectivity index (χ0) is 18.6. The Morgan fingerprint density at radius 2 is 1.70 bits per heavy atom. The fourth-order valence-corrected chi connectivity index (χ4v) is 6.26. The molecule has 6 rings (SSSR count). The van der Waals surface area contributed by atoms with Gasteiger partial charge in [0.15, 0.2) is 11.5 Å². The van der Waals surface area contributed by atoms with Crippen LogP contribution >= 0.6 is 0 Å². The standard InChI is InChI=1S/C21H25NO5/c23-19(24)7-16(15-1-2-17-18(6-15)27-11-26-17)22-20(25)21-8-12-3-13(9-21)5-14(4-12)10-21/h1-2,6,12-14,16H,3-5,7-11H2,(H,22,25)(H,23,24)/t12?,13?,14?,16-,21?/m1/s1. The van der Waals surface area contributed by atoms with Gasteiger partial charge in [0.2, 0.25) is 12.7 Å². The summed E-state index contributed by atoms with van der Waals surface area (Å²) < 4.78 is 10.8. The number of rotatable bonds is 5. The van der Waals surface area contributed by atoms with Gasteiger partial charge in [0.05, 0.1) is 12.5 Å². The molecule has 1 aliphatic heterocycles. The first-order chi connectivity index (χ1) is 13.0. The van der Waals surface area contributed by atoms with Crippen molar-refractivity contribution in [1.82, 2.24) is 5.32 Å². The van der Waals surface area contributed by atoms with Crippen molar-refractivity contribution in [2.24, 2.45) is 23.2 Å². The molecule has 1 amide bonds. The van der Waals surface area contributed by atoms with Gasteiger partial charge in [0, 0.05) is 5.41 Å². The van der Waals surface area contributed by atoms with Crippen LogP contribution in [0.4, 0.5) is 0 Å². The molecule has 144 valence electrons. The number of ether oxygens (including phenoxy) is 2. The van der Waals surface area contributed by atoms with Crippen LogP contribution in [-0.2, 0) is 9.59 Å². The van der Waals surface area contributed by atoms with E-state index in [0.29, 0.717) is 29.3 Å². The smallest absolute Gasteiger partial charge is 0.305 e. The number of benzene rings is 1. The van der Waals surface area contributed by atoms with E-state index in [-0.39, 0.29) is 24.5 Å². The number of amides is 1. The van der Waals surface area contributed by atoms with E-state index in [0.717, 1.165) is 24.8 Å². The van der Waals surface area contributed by atoms with Crippen LogP contribution in [-0.4, -0.2) is 23.8 Å². The minimum absolute atomic E-state index is 0.0468. The normalized spacial score (nSPS) is 33.7. The summed E-state index contributed by atoms with van der Waals surface area (Å²) in [6.07, 6.45) is 6.56. The Morgan fingerprint density at radius 1 is 1.07 bits per heavy atom. The third kappa shape index (κ3) is 2.95. The van der Waals surface area contributed by atoms with E-state index in [2.05, 4.69) is 5.32 Å². The predicted molar refractivity (Wildman–Crippen MR) is 96.3 cm³/mol. The van der Waals surface area contributed by atoms with Gasteiger partial charge in [-0.15, -0.1) is 0 Å². The highest BCUT2D eigenvalue weighted by molar-refractivity contribution is 5.84. The molecule has 6 heteroatoms. The SMILES string of the molecule is O=C(O)C[C@@H](NC(=O)C12CC3CC(CC(C3)C1)C2)c1ccc2c(c1)OCO2. The van der Waals surface area contributed by atoms with Crippen molar-refractivity contribution in [1.29, 1.82) is 0 Å². The average molecular weight is 371 g/mol. The third-order valence-corrected chi connectivity index (χ3v) is 7.00. The Hall–Kier alpha value is -2.24. The molecule has 5 aliphatic rings. The molecule has 4 fully saturated rings. The number of carbonyl (C=O) groups is 2. The molecular formula is C21H25NO5. The molecule has 4 aliphatic carbocycles. The van der Waals surface area contributed by atoms with E-state index in [4.69, 9.17) is 9.47 Å². The van der Waals surface area contributed by atoms with Crippen LogP contribution in [0.15, 0.2) is 18.2 Å². The number of carboxylic acid groups (broad SMARTS) is 1. The number of carboxylic acids is 1. The summed E-state index contributed by atoms with van der Waals surface area (Å²) in [7, 11) is 0. The molecule has 1 atom stereocenters. The van der Waals surface area contributed by atoms with Crippen molar-refractivity contribution in [2.45, 2.75) is 51.0 Å². The van der Waals surface area contributed by atoms with Gasteiger partial charge in [-0.1, -0.05) is 6.07 Å². The van der Waals surface area contributed by atoms with Crippen LogP contribution in [0.5, 0.6) is 11.5 Å². The summed E-state index contributed by atoms with van der Waals surface area (Å²) in [4.78, 5) is 24.8. The topological polar surface area (TPSA) is 84.9 Å². The van der Waals surface area contributed by atoms with Gasteiger partial charge < -0.3 is 19.9 Å². The van der Waals surface area contributed by atoms with E-state index in [1.54, 1.807) is 12.1 Å². The summed E-state index contributed by atoms with van der Waals surface area (Å²) in [5.74, 6) is 2.39. The van der Waals surface area contributed by atoms with E-state index in [1.165, 1.54) is 19.3 Å². The molecule has 1 aromatic rings. The van der Waals surface area contributed by atoms with Gasteiger partial charge in [0.1, 0.15) is 0 Å². The second-order valence-electron chi connectivity index (χ2n) is 8.93. The Balaban J connectivity index is 1.39. The first kappa shape index (κ1) is 16.9. The molecule has 0 aromatic heterocycles. The highest BCUT2D eigenvalue weighted by Crippen LogP contribution is 2.60. The lowest BCUT2D eigenvalue weighted by molar-refractivity contribution is -0.147. The number of nitrogens with one attached hydrogen (secondary N) is 1. The average Bonchev–Trinajstić information content (AvgIpc) is 3.07. The lowest BCUT2D eigenvalue weighted by Gasteiger charge is -2.55. The van der Waals surface area contributed by atoms with Gasteiger partial charge in [0.25, 0.3) is 0 Å². The van der Waals surface area contributed by atoms with E-state index < -0.39 is 12.0 Å². The zero-order valence-electron chi connectivity index (χ0n) is 15.3. The maximum atomic E-state index is 13.3. The van der Waals surface area contributed by atoms with Crippen molar-refractivity contribution in [3.05, 3.63) is 23.8 Å². The second kappa shape index (κ2) is 6.14. The Morgan fingerprint density at radius 3 is 2.33 bits per heavy atom. The number of fused-ring (bicyclic) bond motifs is 1. The van der Waals surface area contributed by atoms with Gasteiger partial charge in [-0.3, -0.25) is 9.59 Å². The van der Waals surface area contributed by atoms with Gasteiger partial charge in [-0.05, 0) is 74.0 Å². The van der Waals surface area contributed by atoms with Crippen LogP contribution in [0.1, 0.15) is 56.6 Å². The Kier molecular flexibility index (Phi) is 3.85. The molecule has 0 radical (unpaired) electrons. The fourth-order valence-electron chi connectivity index (χ4n) is 6.26. The Labute approximate surface area is 158 Å². The molecule has 1 aromatic carbocycles. The highest BCUT2D eigenvalue weighted by Gasteiger charge is 2.54. The molecule has 0 saturated heterocycles. The summed E-state index contributed by atoms with van der Waals surface area (Å²) in [5.41, 5.74) is 0.460. The van der Waals surface area contributed by atoms with Crippen molar-refractivity contribution in [3.63, 3.8) is 0 Å². The Bertz CT molecular complexity index is 753. The van der Waals surface area contributed by atoms with Crippen LogP contribution in [0.2, 0.25) is 0 Å². The molecule has 0 spiro atoms. The third-order valence-electron chi connectivity index (χ3n) is 7.00. The largest absolute Gasteiger partial charge is 0.481 e. The predicted octanol–water partition coefficient (Wildman–Crippen LogP) is 3.26. The fraction of sp³-hybridized carbons (Fsp3) is 0.619. The number of carbonyl (C=O) groups excluding carboxylic acids is 1. The van der Waals surface area contributed by atoms with Gasteiger partial charge in [-0.25, -0.2) is 0 Å². The molecule has 4 saturated carbocycles. The maximum absolute atomic E-state index is 13.3. The molecule has 27 heavy (non-hydrogen) atoms. The molecule has 6 nitrogen and oxygen atoms in total. The molecule has 4 bridgehead atoms. The second-order valence-corrected chi connectivity index (χ2v) is 8.93. The van der Waals surface area contributed by atoms with Crippen LogP contribution in [0.25, 0.3) is 0 Å². The summed E-state index contributed by atoms with van der Waals surface area (Å²) in [6, 6.07) is 4.83. The number of aliphatic carboxylic acids is 1.